The van der Waals surface area contributed by atoms with Gasteiger partial charge < -0.3 is 0 Å². The Kier molecular flexibility index (Phi) is 2.06. The van der Waals surface area contributed by atoms with Crippen molar-refractivity contribution in [1.82, 2.24) is 0 Å². The first-order valence-electron chi connectivity index (χ1n) is 2.55. The normalized spacial score (nSPS) is 27.2. The number of thioether (sulfide) groups is 1. The first-order chi connectivity index (χ1) is 3.93. The monoisotopic (exact) mass is 129 g/mol. The molecule has 0 aliphatic carbocycles. The maximum Gasteiger partial charge on any atom is 0.0472 e. The van der Waals surface area contributed by atoms with Crippen molar-refractivity contribution >= 4 is 11.8 Å². The number of rotatable bonds is 1. The largest absolute Gasteiger partial charge is 0.162 e. The third-order valence-electron chi connectivity index (χ3n) is 1.12. The highest BCUT2D eigenvalue weighted by atomic mass is 32.2. The molecule has 0 spiro atoms. The van der Waals surface area contributed by atoms with Gasteiger partial charge in [-0.1, -0.05) is 5.11 Å². The molecule has 1 rings (SSSR count). The van der Waals surface area contributed by atoms with Gasteiger partial charge in [0.05, 0.1) is 0 Å². The maximum atomic E-state index is 7.98. The molecule has 1 aliphatic rings. The molecule has 0 N–H and O–H groups in total. The third kappa shape index (κ3) is 1.32. The molecule has 1 saturated heterocycles. The standard InChI is InChI=1S/C4H7N3S/c5-7-6-4-1-2-8-3-4/h4H,1-3H2. The summed E-state index contributed by atoms with van der Waals surface area (Å²) in [5.74, 6) is 2.17. The minimum Gasteiger partial charge on any atom is -0.162 e. The summed E-state index contributed by atoms with van der Waals surface area (Å²) < 4.78 is 0. The van der Waals surface area contributed by atoms with Crippen molar-refractivity contribution in [2.45, 2.75) is 12.5 Å². The Bertz CT molecular complexity index is 112. The lowest BCUT2D eigenvalue weighted by Crippen LogP contribution is -1.97. The second-order valence-corrected chi connectivity index (χ2v) is 2.87. The molecule has 0 aromatic heterocycles. The van der Waals surface area contributed by atoms with Crippen LogP contribution in [0.3, 0.4) is 0 Å². The minimum atomic E-state index is 0.282. The van der Waals surface area contributed by atoms with Crippen molar-refractivity contribution in [2.24, 2.45) is 5.11 Å². The molecule has 0 radical (unpaired) electrons. The lowest BCUT2D eigenvalue weighted by atomic mass is 10.3. The Morgan fingerprint density at radius 2 is 2.62 bits per heavy atom. The summed E-state index contributed by atoms with van der Waals surface area (Å²) >= 11 is 1.86. The summed E-state index contributed by atoms with van der Waals surface area (Å²) in [7, 11) is 0. The molecular formula is C4H7N3S. The van der Waals surface area contributed by atoms with Crippen molar-refractivity contribution in [2.75, 3.05) is 11.5 Å². The lowest BCUT2D eigenvalue weighted by molar-refractivity contribution is 0.752. The van der Waals surface area contributed by atoms with E-state index >= 15 is 0 Å². The van der Waals surface area contributed by atoms with Gasteiger partial charge in [-0.15, -0.1) is 0 Å². The summed E-state index contributed by atoms with van der Waals surface area (Å²) in [6.45, 7) is 0. The van der Waals surface area contributed by atoms with E-state index in [9.17, 15) is 0 Å². The van der Waals surface area contributed by atoms with E-state index in [1.807, 2.05) is 11.8 Å². The van der Waals surface area contributed by atoms with Crippen LogP contribution >= 0.6 is 11.8 Å². The first kappa shape index (κ1) is 5.79. The van der Waals surface area contributed by atoms with Crippen molar-refractivity contribution in [3.05, 3.63) is 10.4 Å². The Hall–Kier alpha value is -0.340. The van der Waals surface area contributed by atoms with Crippen molar-refractivity contribution < 1.29 is 0 Å². The molecule has 1 heterocycles. The summed E-state index contributed by atoms with van der Waals surface area (Å²) in [4.78, 5) is 2.73. The van der Waals surface area contributed by atoms with E-state index in [0.717, 1.165) is 17.9 Å². The van der Waals surface area contributed by atoms with Gasteiger partial charge >= 0.3 is 0 Å². The Morgan fingerprint density at radius 3 is 3.12 bits per heavy atom. The molecule has 44 valence electrons. The van der Waals surface area contributed by atoms with Gasteiger partial charge in [0.1, 0.15) is 0 Å². The minimum absolute atomic E-state index is 0.282. The molecule has 3 nitrogen and oxygen atoms in total. The number of hydrogen-bond donors (Lipinski definition) is 0. The zero-order valence-corrected chi connectivity index (χ0v) is 5.27. The fraction of sp³-hybridized carbons (Fsp3) is 1.00. The molecular weight excluding hydrogens is 122 g/mol. The maximum absolute atomic E-state index is 7.98. The second-order valence-electron chi connectivity index (χ2n) is 1.72. The Labute approximate surface area is 52.1 Å². The lowest BCUT2D eigenvalue weighted by Gasteiger charge is -1.91. The molecule has 4 heteroatoms. The topological polar surface area (TPSA) is 48.8 Å². The Balaban J connectivity index is 2.35. The number of hydrogen-bond acceptors (Lipinski definition) is 2. The van der Waals surface area contributed by atoms with Gasteiger partial charge in [-0.05, 0) is 17.7 Å². The van der Waals surface area contributed by atoms with Gasteiger partial charge in [-0.3, -0.25) is 0 Å². The van der Waals surface area contributed by atoms with Gasteiger partial charge in [0, 0.05) is 16.7 Å². The summed E-state index contributed by atoms with van der Waals surface area (Å²) in [5.41, 5.74) is 7.98. The van der Waals surface area contributed by atoms with Gasteiger partial charge in [0.25, 0.3) is 0 Å². The molecule has 1 unspecified atom stereocenters. The van der Waals surface area contributed by atoms with Gasteiger partial charge in [0.15, 0.2) is 0 Å². The zero-order chi connectivity index (χ0) is 5.82. The average molecular weight is 129 g/mol. The van der Waals surface area contributed by atoms with Crippen LogP contribution in [-0.4, -0.2) is 17.5 Å². The second kappa shape index (κ2) is 2.84. The molecule has 0 aromatic carbocycles. The fourth-order valence-corrected chi connectivity index (χ4v) is 1.80. The highest BCUT2D eigenvalue weighted by molar-refractivity contribution is 7.99. The first-order valence-corrected chi connectivity index (χ1v) is 3.71. The number of nitrogens with zero attached hydrogens (tertiary/aromatic N) is 3. The van der Waals surface area contributed by atoms with E-state index in [-0.39, 0.29) is 6.04 Å². The SMILES string of the molecule is [N-]=[N+]=NC1CCSC1. The molecule has 0 amide bonds. The van der Waals surface area contributed by atoms with Crippen LogP contribution in [0.1, 0.15) is 6.42 Å². The van der Waals surface area contributed by atoms with E-state index in [0.29, 0.717) is 0 Å². The molecule has 0 bridgehead atoms. The predicted octanol–water partition coefficient (Wildman–Crippen LogP) is 1.80. The molecule has 1 atom stereocenters. The molecule has 8 heavy (non-hydrogen) atoms. The van der Waals surface area contributed by atoms with Crippen molar-refractivity contribution in [3.63, 3.8) is 0 Å². The summed E-state index contributed by atoms with van der Waals surface area (Å²) in [5, 5.41) is 3.58. The van der Waals surface area contributed by atoms with Crippen LogP contribution in [0.4, 0.5) is 0 Å². The average Bonchev–Trinajstić information content (AvgIpc) is 2.19. The number of azide groups is 1. The van der Waals surface area contributed by atoms with Gasteiger partial charge in [-0.2, -0.15) is 11.8 Å². The predicted molar refractivity (Wildman–Crippen MR) is 34.9 cm³/mol. The molecule has 0 aromatic rings. The van der Waals surface area contributed by atoms with Crippen molar-refractivity contribution in [1.29, 1.82) is 0 Å². The van der Waals surface area contributed by atoms with Crippen LogP contribution in [0.15, 0.2) is 5.11 Å². The molecule has 1 aliphatic heterocycles. The smallest absolute Gasteiger partial charge is 0.0472 e. The quantitative estimate of drug-likeness (QED) is 0.302. The van der Waals surface area contributed by atoms with Crippen LogP contribution in [0.25, 0.3) is 10.4 Å². The third-order valence-corrected chi connectivity index (χ3v) is 2.27. The van der Waals surface area contributed by atoms with Crippen LogP contribution in [0.5, 0.6) is 0 Å². The van der Waals surface area contributed by atoms with Crippen LogP contribution in [-0.2, 0) is 0 Å². The van der Waals surface area contributed by atoms with Crippen LogP contribution in [0, 0.1) is 0 Å². The van der Waals surface area contributed by atoms with Gasteiger partial charge in [-0.25, -0.2) is 0 Å². The van der Waals surface area contributed by atoms with Crippen LogP contribution < -0.4 is 0 Å². The van der Waals surface area contributed by atoms with Crippen LogP contribution in [0.2, 0.25) is 0 Å². The van der Waals surface area contributed by atoms with Crippen molar-refractivity contribution in [3.8, 4) is 0 Å². The van der Waals surface area contributed by atoms with E-state index in [1.54, 1.807) is 0 Å². The fourth-order valence-electron chi connectivity index (χ4n) is 0.686. The highest BCUT2D eigenvalue weighted by Crippen LogP contribution is 2.19. The zero-order valence-electron chi connectivity index (χ0n) is 4.45. The van der Waals surface area contributed by atoms with E-state index < -0.39 is 0 Å². The highest BCUT2D eigenvalue weighted by Gasteiger charge is 2.12. The molecule has 0 saturated carbocycles. The van der Waals surface area contributed by atoms with Gasteiger partial charge in [0.2, 0.25) is 0 Å². The van der Waals surface area contributed by atoms with E-state index in [4.69, 9.17) is 5.53 Å². The summed E-state index contributed by atoms with van der Waals surface area (Å²) in [6, 6.07) is 0.282. The Morgan fingerprint density at radius 1 is 1.75 bits per heavy atom. The molecule has 1 fully saturated rings. The van der Waals surface area contributed by atoms with E-state index in [2.05, 4.69) is 10.0 Å². The summed E-state index contributed by atoms with van der Waals surface area (Å²) in [6.07, 6.45) is 1.06. The van der Waals surface area contributed by atoms with E-state index in [1.165, 1.54) is 0 Å².